The van der Waals surface area contributed by atoms with Crippen LogP contribution in [0.5, 0.6) is 0 Å². The molecule has 20 heavy (non-hydrogen) atoms. The van der Waals surface area contributed by atoms with Gasteiger partial charge in [-0.25, -0.2) is 0 Å². The second kappa shape index (κ2) is 7.13. The molecule has 2 heterocycles. The number of amides is 1. The van der Waals surface area contributed by atoms with Crippen LogP contribution in [-0.2, 0) is 4.79 Å². The van der Waals surface area contributed by atoms with E-state index in [0.717, 1.165) is 26.1 Å². The molecule has 1 unspecified atom stereocenters. The molecule has 0 aromatic heterocycles. The van der Waals surface area contributed by atoms with Crippen LogP contribution < -0.4 is 5.32 Å². The van der Waals surface area contributed by atoms with Crippen molar-refractivity contribution in [2.45, 2.75) is 70.3 Å². The first-order valence-electron chi connectivity index (χ1n) is 8.29. The first-order chi connectivity index (χ1) is 9.27. The fourth-order valence-electron chi connectivity index (χ4n) is 4.40. The van der Waals surface area contributed by atoms with Gasteiger partial charge in [-0.05, 0) is 50.5 Å². The summed E-state index contributed by atoms with van der Waals surface area (Å²) in [4.78, 5) is 14.7. The van der Waals surface area contributed by atoms with Crippen LogP contribution in [0.25, 0.3) is 0 Å². The first kappa shape index (κ1) is 16.1. The van der Waals surface area contributed by atoms with Gasteiger partial charge in [-0.1, -0.05) is 19.3 Å². The van der Waals surface area contributed by atoms with Crippen LogP contribution in [-0.4, -0.2) is 36.5 Å². The summed E-state index contributed by atoms with van der Waals surface area (Å²) < 4.78 is 0. The minimum atomic E-state index is 0. The Balaban J connectivity index is 0.00000147. The number of halogens is 1. The largest absolute Gasteiger partial charge is 0.342 e. The number of carbonyl (C=O) groups is 1. The number of rotatable bonds is 2. The van der Waals surface area contributed by atoms with Crippen LogP contribution >= 0.6 is 12.4 Å². The Morgan fingerprint density at radius 3 is 2.55 bits per heavy atom. The highest BCUT2D eigenvalue weighted by Gasteiger charge is 2.38. The van der Waals surface area contributed by atoms with Gasteiger partial charge >= 0.3 is 0 Å². The van der Waals surface area contributed by atoms with Crippen molar-refractivity contribution in [1.82, 2.24) is 10.2 Å². The lowest BCUT2D eigenvalue weighted by atomic mass is 9.69. The number of hydrogen-bond donors (Lipinski definition) is 1. The lowest BCUT2D eigenvalue weighted by Gasteiger charge is -2.45. The lowest BCUT2D eigenvalue weighted by Crippen LogP contribution is -2.48. The Hall–Kier alpha value is -0.280. The molecule has 3 rings (SSSR count). The minimum absolute atomic E-state index is 0. The summed E-state index contributed by atoms with van der Waals surface area (Å²) in [6.07, 6.45) is 12.6. The summed E-state index contributed by atoms with van der Waals surface area (Å²) in [5, 5.41) is 3.45. The van der Waals surface area contributed by atoms with Crippen molar-refractivity contribution < 1.29 is 4.79 Å². The van der Waals surface area contributed by atoms with Crippen LogP contribution in [0.1, 0.15) is 64.2 Å². The predicted molar refractivity (Wildman–Crippen MR) is 84.2 cm³/mol. The zero-order valence-corrected chi connectivity index (χ0v) is 13.3. The van der Waals surface area contributed by atoms with Crippen LogP contribution in [0.2, 0.25) is 0 Å². The van der Waals surface area contributed by atoms with Crippen LogP contribution in [0, 0.1) is 5.41 Å². The van der Waals surface area contributed by atoms with E-state index in [-0.39, 0.29) is 12.4 Å². The van der Waals surface area contributed by atoms with E-state index in [1.54, 1.807) is 0 Å². The lowest BCUT2D eigenvalue weighted by molar-refractivity contribution is -0.135. The van der Waals surface area contributed by atoms with Gasteiger partial charge in [0, 0.05) is 25.6 Å². The highest BCUT2D eigenvalue weighted by molar-refractivity contribution is 5.85. The van der Waals surface area contributed by atoms with E-state index in [0.29, 0.717) is 17.4 Å². The topological polar surface area (TPSA) is 32.3 Å². The molecule has 1 N–H and O–H groups in total. The van der Waals surface area contributed by atoms with E-state index in [4.69, 9.17) is 0 Å². The number of nitrogens with one attached hydrogen (secondary N) is 1. The number of piperidine rings is 1. The molecule has 1 aliphatic carbocycles. The maximum atomic E-state index is 12.5. The molecule has 4 heteroatoms. The van der Waals surface area contributed by atoms with Crippen LogP contribution in [0.3, 0.4) is 0 Å². The van der Waals surface area contributed by atoms with Crippen molar-refractivity contribution in [1.29, 1.82) is 0 Å². The summed E-state index contributed by atoms with van der Waals surface area (Å²) in [6.45, 7) is 3.16. The molecule has 1 atom stereocenters. The standard InChI is InChI=1S/C16H28N2O.ClH/c19-15(12-14-6-4-10-17-14)18-11-5-9-16(13-18)7-2-1-3-8-16;/h14,17H,1-13H2;1H. The molecule has 3 aliphatic rings. The first-order valence-corrected chi connectivity index (χ1v) is 8.29. The molecule has 2 saturated heterocycles. The Kier molecular flexibility index (Phi) is 5.74. The van der Waals surface area contributed by atoms with Gasteiger partial charge < -0.3 is 10.2 Å². The summed E-state index contributed by atoms with van der Waals surface area (Å²) in [5.74, 6) is 0.407. The van der Waals surface area contributed by atoms with Crippen molar-refractivity contribution in [3.05, 3.63) is 0 Å². The molecular weight excluding hydrogens is 272 g/mol. The molecule has 3 fully saturated rings. The van der Waals surface area contributed by atoms with Gasteiger partial charge in [-0.2, -0.15) is 0 Å². The zero-order valence-electron chi connectivity index (χ0n) is 12.5. The summed E-state index contributed by atoms with van der Waals surface area (Å²) >= 11 is 0. The van der Waals surface area contributed by atoms with Crippen LogP contribution in [0.15, 0.2) is 0 Å². The molecule has 1 amide bonds. The number of hydrogen-bond acceptors (Lipinski definition) is 2. The van der Waals surface area contributed by atoms with Gasteiger partial charge in [0.25, 0.3) is 0 Å². The third-order valence-electron chi connectivity index (χ3n) is 5.51. The molecule has 0 aromatic rings. The quantitative estimate of drug-likeness (QED) is 0.850. The molecule has 0 radical (unpaired) electrons. The Bertz CT molecular complexity index is 317. The van der Waals surface area contributed by atoms with Gasteiger partial charge in [0.2, 0.25) is 5.91 Å². The minimum Gasteiger partial charge on any atom is -0.342 e. The summed E-state index contributed by atoms with van der Waals surface area (Å²) in [5.41, 5.74) is 0.495. The predicted octanol–water partition coefficient (Wildman–Crippen LogP) is 3.12. The molecule has 3 nitrogen and oxygen atoms in total. The SMILES string of the molecule is Cl.O=C(CC1CCCN1)N1CCCC2(CCCCC2)C1. The molecule has 0 aromatic carbocycles. The van der Waals surface area contributed by atoms with E-state index in [2.05, 4.69) is 10.2 Å². The molecule has 0 bridgehead atoms. The summed E-state index contributed by atoms with van der Waals surface area (Å²) in [6, 6.07) is 0.455. The van der Waals surface area contributed by atoms with Crippen molar-refractivity contribution in [2.75, 3.05) is 19.6 Å². The van der Waals surface area contributed by atoms with Gasteiger partial charge in [0.05, 0.1) is 0 Å². The van der Waals surface area contributed by atoms with Gasteiger partial charge in [0.1, 0.15) is 0 Å². The van der Waals surface area contributed by atoms with Gasteiger partial charge in [-0.3, -0.25) is 4.79 Å². The fourth-order valence-corrected chi connectivity index (χ4v) is 4.40. The maximum absolute atomic E-state index is 12.5. The van der Waals surface area contributed by atoms with Crippen molar-refractivity contribution >= 4 is 18.3 Å². The number of likely N-dealkylation sites (tertiary alicyclic amines) is 1. The summed E-state index contributed by atoms with van der Waals surface area (Å²) in [7, 11) is 0. The Morgan fingerprint density at radius 1 is 1.10 bits per heavy atom. The van der Waals surface area contributed by atoms with Crippen molar-refractivity contribution in [2.24, 2.45) is 5.41 Å². The molecule has 1 spiro atoms. The van der Waals surface area contributed by atoms with Crippen molar-refractivity contribution in [3.8, 4) is 0 Å². The van der Waals surface area contributed by atoms with E-state index in [1.807, 2.05) is 0 Å². The fraction of sp³-hybridized carbons (Fsp3) is 0.938. The van der Waals surface area contributed by atoms with E-state index in [1.165, 1.54) is 57.8 Å². The normalized spacial score (nSPS) is 29.2. The third kappa shape index (κ3) is 3.67. The highest BCUT2D eigenvalue weighted by Crippen LogP contribution is 2.43. The number of nitrogens with zero attached hydrogens (tertiary/aromatic N) is 1. The van der Waals surface area contributed by atoms with E-state index >= 15 is 0 Å². The molecule has 116 valence electrons. The zero-order chi connectivity index (χ0) is 13.1. The second-order valence-corrected chi connectivity index (χ2v) is 6.98. The third-order valence-corrected chi connectivity index (χ3v) is 5.51. The van der Waals surface area contributed by atoms with Gasteiger partial charge in [-0.15, -0.1) is 12.4 Å². The monoisotopic (exact) mass is 300 g/mol. The average molecular weight is 301 g/mol. The Labute approximate surface area is 129 Å². The van der Waals surface area contributed by atoms with E-state index < -0.39 is 0 Å². The second-order valence-electron chi connectivity index (χ2n) is 6.98. The molecular formula is C16H29ClN2O. The van der Waals surface area contributed by atoms with Crippen molar-refractivity contribution in [3.63, 3.8) is 0 Å². The highest BCUT2D eigenvalue weighted by atomic mass is 35.5. The Morgan fingerprint density at radius 2 is 1.85 bits per heavy atom. The van der Waals surface area contributed by atoms with E-state index in [9.17, 15) is 4.79 Å². The van der Waals surface area contributed by atoms with Crippen LogP contribution in [0.4, 0.5) is 0 Å². The molecule has 1 saturated carbocycles. The molecule has 2 aliphatic heterocycles. The maximum Gasteiger partial charge on any atom is 0.224 e. The smallest absolute Gasteiger partial charge is 0.224 e. The number of carbonyl (C=O) groups excluding carboxylic acids is 1. The van der Waals surface area contributed by atoms with Gasteiger partial charge in [0.15, 0.2) is 0 Å². The average Bonchev–Trinajstić information content (AvgIpc) is 2.92.